The molecular formula is C19H23N9OS. The topological polar surface area (TPSA) is 129 Å². The fraction of sp³-hybridized carbons (Fsp3) is 0.316. The highest BCUT2D eigenvalue weighted by molar-refractivity contribution is 7.84. The average molecular weight is 426 g/mol. The van der Waals surface area contributed by atoms with Gasteiger partial charge in [0.05, 0.1) is 40.4 Å². The first-order valence-corrected chi connectivity index (χ1v) is 10.5. The van der Waals surface area contributed by atoms with Gasteiger partial charge in [0.15, 0.2) is 0 Å². The van der Waals surface area contributed by atoms with E-state index in [9.17, 15) is 4.21 Å². The molecule has 4 aromatic heterocycles. The number of nitrogens with zero attached hydrogens (tertiary/aromatic N) is 7. The Balaban J connectivity index is 1.81. The van der Waals surface area contributed by atoms with Crippen LogP contribution in [0.3, 0.4) is 0 Å². The monoisotopic (exact) mass is 425 g/mol. The van der Waals surface area contributed by atoms with Crippen molar-refractivity contribution in [3.8, 4) is 17.1 Å². The van der Waals surface area contributed by atoms with Crippen LogP contribution in [0.2, 0.25) is 0 Å². The zero-order valence-electron chi connectivity index (χ0n) is 17.2. The van der Waals surface area contributed by atoms with Crippen molar-refractivity contribution in [3.05, 3.63) is 48.3 Å². The molecule has 1 unspecified atom stereocenters. The van der Waals surface area contributed by atoms with Crippen LogP contribution in [0.25, 0.3) is 22.7 Å². The lowest BCUT2D eigenvalue weighted by Gasteiger charge is -2.18. The van der Waals surface area contributed by atoms with Crippen LogP contribution in [0.4, 0.5) is 5.82 Å². The summed E-state index contributed by atoms with van der Waals surface area (Å²) in [4.78, 5) is 15.0. The largest absolute Gasteiger partial charge is 0.382 e. The lowest BCUT2D eigenvalue weighted by atomic mass is 10.2. The second kappa shape index (κ2) is 7.58. The second-order valence-electron chi connectivity index (χ2n) is 7.79. The van der Waals surface area contributed by atoms with Crippen molar-refractivity contribution in [1.29, 1.82) is 0 Å². The molecule has 0 bridgehead atoms. The zero-order chi connectivity index (χ0) is 21.5. The van der Waals surface area contributed by atoms with Gasteiger partial charge in [0, 0.05) is 23.7 Å². The fourth-order valence-electron chi connectivity index (χ4n) is 2.85. The number of rotatable bonds is 5. The number of hydrogen-bond donors (Lipinski definition) is 2. The highest BCUT2D eigenvalue weighted by atomic mass is 32.2. The maximum absolute atomic E-state index is 12.4. The number of imidazole rings is 1. The van der Waals surface area contributed by atoms with Crippen LogP contribution in [0.15, 0.2) is 36.9 Å². The van der Waals surface area contributed by atoms with Crippen molar-refractivity contribution in [1.82, 2.24) is 39.1 Å². The summed E-state index contributed by atoms with van der Waals surface area (Å²) in [5.74, 6) is 0.639. The van der Waals surface area contributed by atoms with E-state index in [1.165, 1.54) is 4.80 Å². The van der Waals surface area contributed by atoms with E-state index in [-0.39, 0.29) is 12.4 Å². The molecule has 0 aromatic carbocycles. The SMILES string of the molecule is Cc1cnc2ccc(-c3nc(CNS(=O)C(C)(C)C)c(N)nc3-n3nccn3)cn12. The molecule has 11 heteroatoms. The maximum Gasteiger partial charge on any atom is 0.202 e. The molecule has 1 atom stereocenters. The highest BCUT2D eigenvalue weighted by Gasteiger charge is 2.21. The van der Waals surface area contributed by atoms with Gasteiger partial charge in [0.25, 0.3) is 0 Å². The van der Waals surface area contributed by atoms with Crippen LogP contribution in [-0.4, -0.2) is 43.3 Å². The van der Waals surface area contributed by atoms with E-state index in [1.807, 2.05) is 50.4 Å². The third-order valence-corrected chi connectivity index (χ3v) is 6.00. The molecule has 0 aliphatic rings. The Morgan fingerprint density at radius 1 is 1.17 bits per heavy atom. The number of pyridine rings is 1. The van der Waals surface area contributed by atoms with E-state index in [2.05, 4.69) is 24.9 Å². The summed E-state index contributed by atoms with van der Waals surface area (Å²) >= 11 is 0. The Bertz CT molecular complexity index is 1230. The molecule has 0 fully saturated rings. The molecule has 156 valence electrons. The normalized spacial score (nSPS) is 13.1. The second-order valence-corrected chi connectivity index (χ2v) is 9.84. The van der Waals surface area contributed by atoms with E-state index < -0.39 is 15.7 Å². The van der Waals surface area contributed by atoms with Crippen LogP contribution in [0, 0.1) is 6.92 Å². The van der Waals surface area contributed by atoms with Crippen molar-refractivity contribution < 1.29 is 4.21 Å². The van der Waals surface area contributed by atoms with Crippen LogP contribution in [0.1, 0.15) is 32.2 Å². The van der Waals surface area contributed by atoms with Crippen LogP contribution < -0.4 is 10.5 Å². The van der Waals surface area contributed by atoms with Crippen molar-refractivity contribution in [3.63, 3.8) is 0 Å². The number of aromatic nitrogens is 7. The Kier molecular flexibility index (Phi) is 5.08. The Labute approximate surface area is 176 Å². The number of nitrogens with two attached hydrogens (primary N) is 1. The molecule has 4 aromatic rings. The molecule has 4 heterocycles. The lowest BCUT2D eigenvalue weighted by Crippen LogP contribution is -2.33. The lowest BCUT2D eigenvalue weighted by molar-refractivity contribution is 0.633. The third-order valence-electron chi connectivity index (χ3n) is 4.48. The summed E-state index contributed by atoms with van der Waals surface area (Å²) in [5.41, 5.74) is 9.87. The number of hydrogen-bond acceptors (Lipinski definition) is 7. The molecule has 0 spiro atoms. The molecular weight excluding hydrogens is 402 g/mol. The van der Waals surface area contributed by atoms with Crippen molar-refractivity contribution in [2.75, 3.05) is 5.73 Å². The summed E-state index contributed by atoms with van der Waals surface area (Å²) in [6.45, 7) is 7.88. The molecule has 0 saturated carbocycles. The number of fused-ring (bicyclic) bond motifs is 1. The molecule has 0 saturated heterocycles. The molecule has 30 heavy (non-hydrogen) atoms. The molecule has 4 rings (SSSR count). The Morgan fingerprint density at radius 2 is 1.90 bits per heavy atom. The van der Waals surface area contributed by atoms with Gasteiger partial charge in [-0.1, -0.05) is 0 Å². The number of aryl methyl sites for hydroxylation is 1. The third kappa shape index (κ3) is 3.81. The minimum atomic E-state index is -1.26. The minimum absolute atomic E-state index is 0.217. The predicted molar refractivity (Wildman–Crippen MR) is 115 cm³/mol. The van der Waals surface area contributed by atoms with Gasteiger partial charge in [0.1, 0.15) is 17.2 Å². The molecule has 10 nitrogen and oxygen atoms in total. The Morgan fingerprint density at radius 3 is 2.60 bits per heavy atom. The van der Waals surface area contributed by atoms with Gasteiger partial charge >= 0.3 is 0 Å². The zero-order valence-corrected chi connectivity index (χ0v) is 18.0. The summed E-state index contributed by atoms with van der Waals surface area (Å²) < 4.78 is 16.9. The molecule has 0 aliphatic heterocycles. The quantitative estimate of drug-likeness (QED) is 0.499. The van der Waals surface area contributed by atoms with E-state index in [4.69, 9.17) is 10.7 Å². The molecule has 0 amide bonds. The van der Waals surface area contributed by atoms with Crippen molar-refractivity contribution in [2.45, 2.75) is 39.0 Å². The summed E-state index contributed by atoms with van der Waals surface area (Å²) in [6, 6.07) is 3.83. The van der Waals surface area contributed by atoms with E-state index in [1.54, 1.807) is 18.6 Å². The number of nitrogens with one attached hydrogen (secondary N) is 1. The van der Waals surface area contributed by atoms with Crippen LogP contribution >= 0.6 is 0 Å². The summed E-state index contributed by atoms with van der Waals surface area (Å²) in [7, 11) is -1.26. The maximum atomic E-state index is 12.4. The van der Waals surface area contributed by atoms with Gasteiger partial charge in [-0.15, -0.1) is 4.80 Å². The van der Waals surface area contributed by atoms with Gasteiger partial charge < -0.3 is 10.1 Å². The minimum Gasteiger partial charge on any atom is -0.382 e. The van der Waals surface area contributed by atoms with E-state index in [0.29, 0.717) is 17.2 Å². The van der Waals surface area contributed by atoms with Gasteiger partial charge in [-0.25, -0.2) is 23.9 Å². The predicted octanol–water partition coefficient (Wildman–Crippen LogP) is 1.81. The standard InChI is InChI=1S/C19H23N9OS/c1-12-9-21-15-6-5-13(11-27(12)15)16-18(28-22-7-8-23-28)26-17(20)14(25-16)10-24-30(29)19(2,3)4/h5-9,11,24H,10H2,1-4H3,(H2,20,26). The van der Waals surface area contributed by atoms with E-state index >= 15 is 0 Å². The number of nitrogen functional groups attached to an aromatic ring is 1. The number of anilines is 1. The highest BCUT2D eigenvalue weighted by Crippen LogP contribution is 2.26. The fourth-order valence-corrected chi connectivity index (χ4v) is 3.56. The van der Waals surface area contributed by atoms with Crippen molar-refractivity contribution in [2.24, 2.45) is 0 Å². The first-order chi connectivity index (χ1) is 14.2. The smallest absolute Gasteiger partial charge is 0.202 e. The van der Waals surface area contributed by atoms with Gasteiger partial charge in [0.2, 0.25) is 5.82 Å². The van der Waals surface area contributed by atoms with E-state index in [0.717, 1.165) is 16.9 Å². The molecule has 0 aliphatic carbocycles. The van der Waals surface area contributed by atoms with Crippen LogP contribution in [0.5, 0.6) is 0 Å². The summed E-state index contributed by atoms with van der Waals surface area (Å²) in [6.07, 6.45) is 6.87. The van der Waals surface area contributed by atoms with Crippen LogP contribution in [-0.2, 0) is 17.5 Å². The first kappa shape index (κ1) is 20.1. The molecule has 3 N–H and O–H groups in total. The first-order valence-electron chi connectivity index (χ1n) is 9.36. The van der Waals surface area contributed by atoms with Crippen molar-refractivity contribution >= 4 is 22.5 Å². The average Bonchev–Trinajstić information content (AvgIpc) is 3.36. The van der Waals surface area contributed by atoms with Gasteiger partial charge in [-0.05, 0) is 39.8 Å². The Hall–Kier alpha value is -3.18. The summed E-state index contributed by atoms with van der Waals surface area (Å²) in [5, 5.41) is 8.37. The van der Waals surface area contributed by atoms with Gasteiger partial charge in [-0.3, -0.25) is 0 Å². The van der Waals surface area contributed by atoms with Gasteiger partial charge in [-0.2, -0.15) is 10.2 Å². The molecule has 0 radical (unpaired) electrons.